The molecule has 1 unspecified atom stereocenters. The molecule has 0 aromatic carbocycles. The van der Waals surface area contributed by atoms with Crippen molar-refractivity contribution in [2.75, 3.05) is 32.0 Å². The highest BCUT2D eigenvalue weighted by molar-refractivity contribution is 5.88. The maximum absolute atomic E-state index is 12.3. The third-order valence-corrected chi connectivity index (χ3v) is 4.58. The molecule has 2 aromatic heterocycles. The van der Waals surface area contributed by atoms with Crippen LogP contribution in [0.2, 0.25) is 0 Å². The van der Waals surface area contributed by atoms with Crippen LogP contribution in [0.5, 0.6) is 0 Å². The second kappa shape index (κ2) is 8.78. The number of hydrogen-bond donors (Lipinski definition) is 2. The first-order valence-electron chi connectivity index (χ1n) is 9.25. The number of nitrogens with zero attached hydrogens (tertiary/aromatic N) is 5. The number of rotatable bonds is 7. The highest BCUT2D eigenvalue weighted by atomic mass is 16.6. The van der Waals surface area contributed by atoms with Crippen molar-refractivity contribution in [3.8, 4) is 5.82 Å². The molecule has 2 aromatic rings. The molecule has 0 amide bonds. The van der Waals surface area contributed by atoms with Gasteiger partial charge in [0.05, 0.1) is 26.3 Å². The van der Waals surface area contributed by atoms with Crippen LogP contribution in [-0.4, -0.2) is 63.5 Å². The number of anilines is 1. The van der Waals surface area contributed by atoms with Crippen molar-refractivity contribution in [2.45, 2.75) is 33.2 Å². The number of esters is 2. The lowest BCUT2D eigenvalue weighted by Gasteiger charge is -2.28. The lowest BCUT2D eigenvalue weighted by Crippen LogP contribution is -3.12. The quantitative estimate of drug-likeness (QED) is 0.546. The Balaban J connectivity index is 1.87. The van der Waals surface area contributed by atoms with E-state index in [-0.39, 0.29) is 35.8 Å². The fraction of sp³-hybridized carbons (Fsp3) is 0.625. The minimum atomic E-state index is -0.586. The van der Waals surface area contributed by atoms with Crippen LogP contribution in [0.25, 0.3) is 5.82 Å². The van der Waals surface area contributed by atoms with Crippen LogP contribution >= 0.6 is 0 Å². The second-order valence-electron chi connectivity index (χ2n) is 6.46. The van der Waals surface area contributed by atoms with Gasteiger partial charge in [-0.05, 0) is 37.0 Å². The number of ether oxygens (including phenoxy) is 2. The van der Waals surface area contributed by atoms with Crippen LogP contribution in [0.1, 0.15) is 42.9 Å². The lowest BCUT2D eigenvalue weighted by atomic mass is 9.98. The average molecular weight is 394 g/mol. The van der Waals surface area contributed by atoms with E-state index in [0.29, 0.717) is 25.4 Å². The van der Waals surface area contributed by atoms with Gasteiger partial charge >= 0.3 is 11.9 Å². The second-order valence-corrected chi connectivity index (χ2v) is 6.46. The first-order valence-corrected chi connectivity index (χ1v) is 9.25. The molecule has 2 atom stereocenters. The molecule has 1 fully saturated rings. The summed E-state index contributed by atoms with van der Waals surface area (Å²) in [6, 6.07) is 0. The number of carbonyl (C=O) groups excluding carboxylic acids is 2. The molecule has 12 nitrogen and oxygen atoms in total. The zero-order valence-electron chi connectivity index (χ0n) is 15.9. The maximum atomic E-state index is 12.3. The number of carbonyl (C=O) groups is 2. The molecule has 0 saturated carbocycles. The van der Waals surface area contributed by atoms with E-state index in [1.54, 1.807) is 13.8 Å². The van der Waals surface area contributed by atoms with Crippen LogP contribution in [0.3, 0.4) is 0 Å². The van der Waals surface area contributed by atoms with Gasteiger partial charge in [0.1, 0.15) is 18.2 Å². The Labute approximate surface area is 160 Å². The normalized spacial score (nSPS) is 19.4. The van der Waals surface area contributed by atoms with E-state index in [9.17, 15) is 9.59 Å². The average Bonchev–Trinajstić information content (AvgIpc) is 3.28. The molecular formula is C16H24N7O5+. The molecule has 0 bridgehead atoms. The van der Waals surface area contributed by atoms with Crippen LogP contribution in [0.4, 0.5) is 5.82 Å². The highest BCUT2D eigenvalue weighted by Gasteiger charge is 2.33. The third kappa shape index (κ3) is 4.11. The zero-order valence-corrected chi connectivity index (χ0v) is 15.9. The molecule has 3 rings (SSSR count). The molecule has 1 aliphatic heterocycles. The summed E-state index contributed by atoms with van der Waals surface area (Å²) in [5.74, 6) is -0.784. The number of nitrogens with two attached hydrogens (primary N) is 1. The summed E-state index contributed by atoms with van der Waals surface area (Å²) in [5, 5.41) is 15.2. The van der Waals surface area contributed by atoms with Crippen molar-refractivity contribution < 1.29 is 28.6 Å². The topological polar surface area (TPSA) is 153 Å². The first kappa shape index (κ1) is 19.7. The monoisotopic (exact) mass is 394 g/mol. The van der Waals surface area contributed by atoms with Gasteiger partial charge < -0.3 is 20.1 Å². The van der Waals surface area contributed by atoms with Gasteiger partial charge in [-0.25, -0.2) is 9.42 Å². The van der Waals surface area contributed by atoms with Crippen LogP contribution < -0.4 is 10.6 Å². The molecule has 1 saturated heterocycles. The Bertz CT molecular complexity index is 833. The smallest absolute Gasteiger partial charge is 0.361 e. The van der Waals surface area contributed by atoms with Gasteiger partial charge in [0.25, 0.3) is 0 Å². The fourth-order valence-corrected chi connectivity index (χ4v) is 3.34. The Morgan fingerprint density at radius 1 is 1.29 bits per heavy atom. The van der Waals surface area contributed by atoms with Gasteiger partial charge in [-0.2, -0.15) is 4.68 Å². The molecule has 152 valence electrons. The number of quaternary nitrogens is 1. The summed E-state index contributed by atoms with van der Waals surface area (Å²) in [5.41, 5.74) is 6.32. The zero-order chi connectivity index (χ0) is 20.1. The van der Waals surface area contributed by atoms with Crippen molar-refractivity contribution in [2.24, 2.45) is 5.92 Å². The first-order chi connectivity index (χ1) is 13.5. The lowest BCUT2D eigenvalue weighted by molar-refractivity contribution is -0.921. The summed E-state index contributed by atoms with van der Waals surface area (Å²) >= 11 is 0. The van der Waals surface area contributed by atoms with Crippen molar-refractivity contribution in [3.05, 3.63) is 11.4 Å². The van der Waals surface area contributed by atoms with E-state index >= 15 is 0 Å². The standard InChI is InChI=1S/C16H23N7O5/c1-3-26-15(24)10-6-5-7-22(8-10)9-11-12(16(25)27-4-2)18-21-23(11)14-13(17)19-28-20-14/h10H,3-9H2,1-2H3,(H2,17,19)/p+1/t10-/m1/s1. The SMILES string of the molecule is CCOC(=O)c1nnn(-c2nonc2N)c1C[NH+]1CCC[C@@H](C(=O)OCC)C1. The fourth-order valence-electron chi connectivity index (χ4n) is 3.34. The predicted octanol–water partition coefficient (Wildman–Crippen LogP) is -1.23. The van der Waals surface area contributed by atoms with E-state index in [1.807, 2.05) is 0 Å². The van der Waals surface area contributed by atoms with Crippen LogP contribution in [-0.2, 0) is 20.8 Å². The summed E-state index contributed by atoms with van der Waals surface area (Å²) < 4.78 is 16.2. The van der Waals surface area contributed by atoms with Gasteiger partial charge in [-0.1, -0.05) is 5.21 Å². The molecule has 3 heterocycles. The van der Waals surface area contributed by atoms with E-state index in [4.69, 9.17) is 15.2 Å². The van der Waals surface area contributed by atoms with Crippen LogP contribution in [0, 0.1) is 5.92 Å². The minimum Gasteiger partial charge on any atom is -0.466 e. The van der Waals surface area contributed by atoms with E-state index < -0.39 is 5.97 Å². The Morgan fingerprint density at radius 3 is 2.75 bits per heavy atom. The van der Waals surface area contributed by atoms with Gasteiger partial charge in [0, 0.05) is 0 Å². The van der Waals surface area contributed by atoms with Gasteiger partial charge in [0.2, 0.25) is 11.6 Å². The van der Waals surface area contributed by atoms with Gasteiger partial charge in [-0.15, -0.1) is 5.10 Å². The largest absolute Gasteiger partial charge is 0.466 e. The summed E-state index contributed by atoms with van der Waals surface area (Å²) in [7, 11) is 0. The van der Waals surface area contributed by atoms with Gasteiger partial charge in [-0.3, -0.25) is 4.79 Å². The molecular weight excluding hydrogens is 370 g/mol. The molecule has 28 heavy (non-hydrogen) atoms. The maximum Gasteiger partial charge on any atom is 0.361 e. The summed E-state index contributed by atoms with van der Waals surface area (Å²) in [6.45, 7) is 5.85. The Morgan fingerprint density at radius 2 is 2.07 bits per heavy atom. The third-order valence-electron chi connectivity index (χ3n) is 4.58. The number of aromatic nitrogens is 5. The predicted molar refractivity (Wildman–Crippen MR) is 93.3 cm³/mol. The Kier molecular flexibility index (Phi) is 6.19. The van der Waals surface area contributed by atoms with Crippen molar-refractivity contribution in [1.82, 2.24) is 25.3 Å². The molecule has 3 N–H and O–H groups in total. The number of nitrogens with one attached hydrogen (secondary N) is 1. The van der Waals surface area contributed by atoms with Crippen molar-refractivity contribution in [3.63, 3.8) is 0 Å². The van der Waals surface area contributed by atoms with Gasteiger partial charge in [0.15, 0.2) is 5.69 Å². The highest BCUT2D eigenvalue weighted by Crippen LogP contribution is 2.17. The molecule has 1 aliphatic rings. The minimum absolute atomic E-state index is 0.0274. The summed E-state index contributed by atoms with van der Waals surface area (Å²) in [6.07, 6.45) is 1.65. The van der Waals surface area contributed by atoms with Crippen LogP contribution in [0.15, 0.2) is 4.63 Å². The number of piperidine rings is 1. The number of likely N-dealkylation sites (tertiary alicyclic amines) is 1. The van der Waals surface area contributed by atoms with Crippen molar-refractivity contribution in [1.29, 1.82) is 0 Å². The van der Waals surface area contributed by atoms with Crippen molar-refractivity contribution >= 4 is 17.8 Å². The molecule has 0 radical (unpaired) electrons. The number of nitrogen functional groups attached to an aromatic ring is 1. The number of hydrogen-bond acceptors (Lipinski definition) is 10. The molecule has 0 aliphatic carbocycles. The Hall–Kier alpha value is -3.02. The molecule has 12 heteroatoms. The van der Waals surface area contributed by atoms with E-state index in [1.165, 1.54) is 4.68 Å². The van der Waals surface area contributed by atoms with E-state index in [0.717, 1.165) is 24.3 Å². The molecule has 0 spiro atoms. The van der Waals surface area contributed by atoms with E-state index in [2.05, 4.69) is 25.3 Å². The summed E-state index contributed by atoms with van der Waals surface area (Å²) in [4.78, 5) is 25.5.